The van der Waals surface area contributed by atoms with E-state index in [1.165, 1.54) is 14.2 Å². The van der Waals surface area contributed by atoms with Gasteiger partial charge in [0.25, 0.3) is 5.91 Å². The molecule has 2 amide bonds. The van der Waals surface area contributed by atoms with E-state index in [2.05, 4.69) is 5.32 Å². The van der Waals surface area contributed by atoms with Crippen LogP contribution < -0.4 is 20.5 Å². The SMILES string of the molecule is COc1ccc(CNC(=O)[C@H](CCC(C)(F)C(N)=O)C[C@@H](O)CCc2ccccc2)cc1OC. The Kier molecular flexibility index (Phi) is 10.3. The van der Waals surface area contributed by atoms with Crippen molar-refractivity contribution in [1.29, 1.82) is 0 Å². The molecule has 0 radical (unpaired) electrons. The number of rotatable bonds is 14. The Morgan fingerprint density at radius 1 is 1.06 bits per heavy atom. The first-order valence-electron chi connectivity index (χ1n) is 11.4. The van der Waals surface area contributed by atoms with E-state index in [0.717, 1.165) is 18.1 Å². The summed E-state index contributed by atoms with van der Waals surface area (Å²) in [6.07, 6.45) is 0.394. The number of hydrogen-bond donors (Lipinski definition) is 3. The molecular weight excluding hydrogens is 439 g/mol. The van der Waals surface area contributed by atoms with Crippen LogP contribution in [-0.4, -0.2) is 42.9 Å². The normalized spacial score (nSPS) is 14.5. The van der Waals surface area contributed by atoms with Gasteiger partial charge in [0, 0.05) is 12.5 Å². The molecule has 3 atom stereocenters. The largest absolute Gasteiger partial charge is 0.493 e. The maximum Gasteiger partial charge on any atom is 0.254 e. The van der Waals surface area contributed by atoms with E-state index in [1.54, 1.807) is 18.2 Å². The lowest BCUT2D eigenvalue weighted by Gasteiger charge is -2.23. The first-order valence-corrected chi connectivity index (χ1v) is 11.4. The van der Waals surface area contributed by atoms with Crippen molar-refractivity contribution in [3.63, 3.8) is 0 Å². The monoisotopic (exact) mass is 474 g/mol. The molecule has 0 saturated carbocycles. The highest BCUT2D eigenvalue weighted by molar-refractivity contribution is 5.83. The van der Waals surface area contributed by atoms with Gasteiger partial charge in [-0.3, -0.25) is 9.59 Å². The van der Waals surface area contributed by atoms with E-state index in [4.69, 9.17) is 15.2 Å². The Bertz CT molecular complexity index is 936. The Morgan fingerprint density at radius 3 is 2.35 bits per heavy atom. The van der Waals surface area contributed by atoms with Gasteiger partial charge in [0.1, 0.15) is 0 Å². The molecule has 0 aromatic heterocycles. The molecule has 2 aromatic carbocycles. The van der Waals surface area contributed by atoms with E-state index in [1.807, 2.05) is 30.3 Å². The Labute approximate surface area is 200 Å². The van der Waals surface area contributed by atoms with Gasteiger partial charge >= 0.3 is 0 Å². The van der Waals surface area contributed by atoms with Gasteiger partial charge in [-0.15, -0.1) is 0 Å². The van der Waals surface area contributed by atoms with E-state index >= 15 is 0 Å². The quantitative estimate of drug-likeness (QED) is 0.389. The second-order valence-corrected chi connectivity index (χ2v) is 8.62. The van der Waals surface area contributed by atoms with Gasteiger partial charge in [0.05, 0.1) is 20.3 Å². The number of nitrogens with one attached hydrogen (secondary N) is 1. The fourth-order valence-corrected chi connectivity index (χ4v) is 3.67. The number of halogens is 1. The number of ether oxygens (including phenoxy) is 2. The minimum Gasteiger partial charge on any atom is -0.493 e. The summed E-state index contributed by atoms with van der Waals surface area (Å²) in [6, 6.07) is 15.0. The van der Waals surface area contributed by atoms with Crippen LogP contribution in [0, 0.1) is 5.92 Å². The van der Waals surface area contributed by atoms with Crippen LogP contribution in [0.2, 0.25) is 0 Å². The topological polar surface area (TPSA) is 111 Å². The van der Waals surface area contributed by atoms with Crippen LogP contribution >= 0.6 is 0 Å². The second kappa shape index (κ2) is 12.9. The standard InChI is InChI=1S/C26H35FN2O5/c1-26(27,25(28)32)14-13-20(16-21(30)11-9-18-7-5-4-6-8-18)24(31)29-17-19-10-12-22(33-2)23(15-19)34-3/h4-8,10,12,15,20-21,30H,9,11,13-14,16-17H2,1-3H3,(H2,28,32)(H,29,31)/t20-,21+,26?/m1/s1. The molecule has 0 bridgehead atoms. The van der Waals surface area contributed by atoms with Gasteiger partial charge in [-0.25, -0.2) is 4.39 Å². The molecule has 186 valence electrons. The van der Waals surface area contributed by atoms with Crippen LogP contribution in [0.5, 0.6) is 11.5 Å². The van der Waals surface area contributed by atoms with Crippen molar-refractivity contribution in [1.82, 2.24) is 5.32 Å². The van der Waals surface area contributed by atoms with Crippen molar-refractivity contribution in [2.24, 2.45) is 11.7 Å². The van der Waals surface area contributed by atoms with Gasteiger partial charge < -0.3 is 25.6 Å². The van der Waals surface area contributed by atoms with Crippen molar-refractivity contribution in [3.05, 3.63) is 59.7 Å². The molecular formula is C26H35FN2O5. The van der Waals surface area contributed by atoms with Crippen molar-refractivity contribution >= 4 is 11.8 Å². The summed E-state index contributed by atoms with van der Waals surface area (Å²) < 4.78 is 25.0. The van der Waals surface area contributed by atoms with Crippen molar-refractivity contribution < 1.29 is 28.6 Å². The summed E-state index contributed by atoms with van der Waals surface area (Å²) in [5.74, 6) is -0.960. The molecule has 0 saturated heterocycles. The van der Waals surface area contributed by atoms with Crippen LogP contribution in [0.15, 0.2) is 48.5 Å². The molecule has 34 heavy (non-hydrogen) atoms. The second-order valence-electron chi connectivity index (χ2n) is 8.62. The predicted molar refractivity (Wildman–Crippen MR) is 128 cm³/mol. The van der Waals surface area contributed by atoms with E-state index < -0.39 is 23.6 Å². The minimum atomic E-state index is -2.23. The Balaban J connectivity index is 2.03. The fraction of sp³-hybridized carbons (Fsp3) is 0.462. The van der Waals surface area contributed by atoms with Crippen LogP contribution in [0.25, 0.3) is 0 Å². The van der Waals surface area contributed by atoms with Gasteiger partial charge in [-0.2, -0.15) is 0 Å². The zero-order valence-corrected chi connectivity index (χ0v) is 20.1. The summed E-state index contributed by atoms with van der Waals surface area (Å²) in [7, 11) is 3.07. The number of methoxy groups -OCH3 is 2. The highest BCUT2D eigenvalue weighted by atomic mass is 19.1. The summed E-state index contributed by atoms with van der Waals surface area (Å²) in [6.45, 7) is 1.33. The van der Waals surface area contributed by atoms with Crippen LogP contribution in [0.3, 0.4) is 0 Å². The summed E-state index contributed by atoms with van der Waals surface area (Å²) in [5, 5.41) is 13.4. The average Bonchev–Trinajstić information content (AvgIpc) is 2.84. The molecule has 2 rings (SSSR count). The molecule has 4 N–H and O–H groups in total. The average molecular weight is 475 g/mol. The fourth-order valence-electron chi connectivity index (χ4n) is 3.67. The molecule has 8 heteroatoms. The lowest BCUT2D eigenvalue weighted by molar-refractivity contribution is -0.131. The molecule has 0 aliphatic carbocycles. The van der Waals surface area contributed by atoms with Crippen molar-refractivity contribution in [3.8, 4) is 11.5 Å². The lowest BCUT2D eigenvalue weighted by atomic mass is 9.88. The number of hydrogen-bond acceptors (Lipinski definition) is 5. The van der Waals surface area contributed by atoms with Gasteiger partial charge in [-0.05, 0) is 62.3 Å². The van der Waals surface area contributed by atoms with E-state index in [9.17, 15) is 19.1 Å². The number of carbonyl (C=O) groups is 2. The molecule has 0 aliphatic heterocycles. The van der Waals surface area contributed by atoms with E-state index in [0.29, 0.717) is 24.3 Å². The number of amides is 2. The van der Waals surface area contributed by atoms with Crippen molar-refractivity contribution in [2.75, 3.05) is 14.2 Å². The van der Waals surface area contributed by atoms with Crippen molar-refractivity contribution in [2.45, 2.75) is 57.3 Å². The zero-order chi connectivity index (χ0) is 25.1. The minimum absolute atomic E-state index is 0.0795. The summed E-state index contributed by atoms with van der Waals surface area (Å²) >= 11 is 0. The third-order valence-corrected chi connectivity index (χ3v) is 5.93. The number of alkyl halides is 1. The smallest absolute Gasteiger partial charge is 0.254 e. The highest BCUT2D eigenvalue weighted by Gasteiger charge is 2.33. The maximum atomic E-state index is 14.5. The number of nitrogens with two attached hydrogens (primary N) is 1. The number of benzene rings is 2. The number of aliphatic hydroxyl groups excluding tert-OH is 1. The summed E-state index contributed by atoms with van der Waals surface area (Å²) in [5.41, 5.74) is 4.80. The molecule has 0 spiro atoms. The number of aryl methyl sites for hydroxylation is 1. The molecule has 2 aromatic rings. The first kappa shape index (κ1) is 27.1. The first-order chi connectivity index (χ1) is 16.2. The number of primary amides is 1. The molecule has 0 heterocycles. The zero-order valence-electron chi connectivity index (χ0n) is 20.1. The maximum absolute atomic E-state index is 14.5. The van der Waals surface area contributed by atoms with Gasteiger partial charge in [0.15, 0.2) is 17.2 Å². The van der Waals surface area contributed by atoms with Crippen LogP contribution in [0.1, 0.15) is 43.7 Å². The highest BCUT2D eigenvalue weighted by Crippen LogP contribution is 2.28. The molecule has 1 unspecified atom stereocenters. The van der Waals surface area contributed by atoms with Gasteiger partial charge in [-0.1, -0.05) is 36.4 Å². The van der Waals surface area contributed by atoms with Crippen LogP contribution in [0.4, 0.5) is 4.39 Å². The van der Waals surface area contributed by atoms with Crippen LogP contribution in [-0.2, 0) is 22.6 Å². The predicted octanol–water partition coefficient (Wildman–Crippen LogP) is 3.31. The third-order valence-electron chi connectivity index (χ3n) is 5.93. The number of carbonyl (C=O) groups excluding carboxylic acids is 2. The van der Waals surface area contributed by atoms with E-state index in [-0.39, 0.29) is 31.7 Å². The lowest BCUT2D eigenvalue weighted by Crippen LogP contribution is -2.39. The third kappa shape index (κ3) is 8.33. The molecule has 7 nitrogen and oxygen atoms in total. The molecule has 0 fully saturated rings. The Hall–Kier alpha value is -3.13. The summed E-state index contributed by atoms with van der Waals surface area (Å²) in [4.78, 5) is 24.4. The Morgan fingerprint density at radius 2 is 1.74 bits per heavy atom. The number of aliphatic hydroxyl groups is 1. The molecule has 0 aliphatic rings. The van der Waals surface area contributed by atoms with Gasteiger partial charge in [0.2, 0.25) is 5.91 Å².